The molecule has 10 nitrogen and oxygen atoms in total. The molecule has 0 saturated heterocycles. The normalized spacial score (nSPS) is 13.3. The number of Topliss-reactive ketones (excluding diaryl/α,β-unsaturated/α-hetero) is 1. The molecule has 0 aliphatic heterocycles. The fourth-order valence-electron chi connectivity index (χ4n) is 4.66. The van der Waals surface area contributed by atoms with E-state index in [1.165, 1.54) is 32.4 Å². The molecule has 0 aliphatic rings. The van der Waals surface area contributed by atoms with Crippen LogP contribution in [0.2, 0.25) is 0 Å². The van der Waals surface area contributed by atoms with Crippen LogP contribution in [0.15, 0.2) is 36.4 Å². The summed E-state index contributed by atoms with van der Waals surface area (Å²) in [7, 11) is 1.50. The summed E-state index contributed by atoms with van der Waals surface area (Å²) in [6, 6.07) is 5.28. The number of rotatable bonds is 24. The molecule has 0 spiro atoms. The quantitative estimate of drug-likeness (QED) is 0.0908. The first-order valence-electron chi connectivity index (χ1n) is 14.9. The van der Waals surface area contributed by atoms with Gasteiger partial charge in [-0.1, -0.05) is 69.7 Å². The zero-order chi connectivity index (χ0) is 31.3. The number of ketones is 1. The highest BCUT2D eigenvalue weighted by atomic mass is 16.5. The number of carbonyl (C=O) groups is 5. The second kappa shape index (κ2) is 21.1. The summed E-state index contributed by atoms with van der Waals surface area (Å²) in [5.74, 6) is -7.06. The van der Waals surface area contributed by atoms with Crippen molar-refractivity contribution in [2.45, 2.75) is 103 Å². The van der Waals surface area contributed by atoms with Crippen molar-refractivity contribution < 1.29 is 44.0 Å². The van der Waals surface area contributed by atoms with E-state index in [-0.39, 0.29) is 6.42 Å². The Morgan fingerprint density at radius 1 is 0.833 bits per heavy atom. The molecule has 10 heteroatoms. The summed E-state index contributed by atoms with van der Waals surface area (Å²) < 4.78 is 5.09. The van der Waals surface area contributed by atoms with Gasteiger partial charge in [-0.3, -0.25) is 19.2 Å². The molecule has 1 aromatic carbocycles. The second-order valence-electron chi connectivity index (χ2n) is 10.6. The average molecular weight is 590 g/mol. The van der Waals surface area contributed by atoms with E-state index >= 15 is 0 Å². The minimum absolute atomic E-state index is 0.0560. The van der Waals surface area contributed by atoms with Gasteiger partial charge in [0.1, 0.15) is 17.6 Å². The van der Waals surface area contributed by atoms with E-state index in [9.17, 15) is 39.3 Å². The van der Waals surface area contributed by atoms with E-state index in [0.717, 1.165) is 38.5 Å². The van der Waals surface area contributed by atoms with Gasteiger partial charge in [0.05, 0.1) is 25.4 Å². The molecule has 4 N–H and O–H groups in total. The van der Waals surface area contributed by atoms with Crippen molar-refractivity contribution in [2.75, 3.05) is 7.11 Å². The third-order valence-electron chi connectivity index (χ3n) is 7.14. The molecule has 0 fully saturated rings. The summed E-state index contributed by atoms with van der Waals surface area (Å²) in [5.41, 5.74) is 0.615. The zero-order valence-electron chi connectivity index (χ0n) is 24.9. The highest BCUT2D eigenvalue weighted by Crippen LogP contribution is 2.21. The molecule has 0 aromatic heterocycles. The average Bonchev–Trinajstić information content (AvgIpc) is 2.95. The Labute approximate surface area is 248 Å². The van der Waals surface area contributed by atoms with E-state index in [4.69, 9.17) is 4.74 Å². The van der Waals surface area contributed by atoms with Crippen molar-refractivity contribution >= 4 is 29.6 Å². The number of benzene rings is 1. The molecular weight excluding hydrogens is 542 g/mol. The van der Waals surface area contributed by atoms with E-state index in [2.05, 4.69) is 12.2 Å². The minimum Gasteiger partial charge on any atom is -0.497 e. The molecule has 3 atom stereocenters. The van der Waals surface area contributed by atoms with Crippen LogP contribution in [-0.2, 0) is 30.4 Å². The SMILES string of the molecule is CCCCCCCC(=O)CCCCCC/C=C/C(C(=O)NC(Cc1ccc(OC)cc1)C(=O)O)[C@@H](CC(=O)O)C(=O)O. The lowest BCUT2D eigenvalue weighted by molar-refractivity contribution is -0.152. The Morgan fingerprint density at radius 2 is 1.43 bits per heavy atom. The van der Waals surface area contributed by atoms with Gasteiger partial charge >= 0.3 is 17.9 Å². The van der Waals surface area contributed by atoms with E-state index in [1.54, 1.807) is 30.3 Å². The van der Waals surface area contributed by atoms with Gasteiger partial charge in [-0.15, -0.1) is 0 Å². The van der Waals surface area contributed by atoms with Crippen molar-refractivity contribution in [3.05, 3.63) is 42.0 Å². The lowest BCUT2D eigenvalue weighted by Gasteiger charge is -2.22. The van der Waals surface area contributed by atoms with Crippen LogP contribution in [0.25, 0.3) is 0 Å². The lowest BCUT2D eigenvalue weighted by atomic mass is 9.87. The fraction of sp³-hybridized carbons (Fsp3) is 0.594. The molecule has 0 radical (unpaired) electrons. The van der Waals surface area contributed by atoms with Crippen LogP contribution in [0, 0.1) is 11.8 Å². The van der Waals surface area contributed by atoms with Crippen LogP contribution >= 0.6 is 0 Å². The van der Waals surface area contributed by atoms with Gasteiger partial charge in [0.25, 0.3) is 0 Å². The molecule has 0 saturated carbocycles. The predicted octanol–water partition coefficient (Wildman–Crippen LogP) is 5.43. The monoisotopic (exact) mass is 589 g/mol. The number of aliphatic carboxylic acids is 3. The summed E-state index contributed by atoms with van der Waals surface area (Å²) in [6.45, 7) is 2.16. The predicted molar refractivity (Wildman–Crippen MR) is 158 cm³/mol. The standard InChI is InChI=1S/C32H47NO9/c1-3-4-5-8-11-14-24(34)15-12-9-6-7-10-13-16-26(27(31(38)39)22-29(35)36)30(37)33-28(32(40)41)21-23-17-19-25(42-2)20-18-23/h13,16-20,26-28H,3-12,14-15,21-22H2,1-2H3,(H,33,37)(H,35,36)(H,38,39)(H,40,41)/b16-13+/t26?,27-,28?/m1/s1. The van der Waals surface area contributed by atoms with Gasteiger partial charge in [0.2, 0.25) is 5.91 Å². The molecule has 0 heterocycles. The number of ether oxygens (including phenoxy) is 1. The van der Waals surface area contributed by atoms with Crippen molar-refractivity contribution in [2.24, 2.45) is 11.8 Å². The number of allylic oxidation sites excluding steroid dienone is 1. The van der Waals surface area contributed by atoms with Crippen molar-refractivity contribution in [3.63, 3.8) is 0 Å². The smallest absolute Gasteiger partial charge is 0.326 e. The van der Waals surface area contributed by atoms with Gasteiger partial charge in [0, 0.05) is 19.3 Å². The van der Waals surface area contributed by atoms with Crippen LogP contribution in [0.5, 0.6) is 5.75 Å². The number of unbranched alkanes of at least 4 members (excludes halogenated alkanes) is 8. The molecule has 1 rings (SSSR count). The highest BCUT2D eigenvalue weighted by molar-refractivity contribution is 5.91. The Balaban J connectivity index is 2.70. The molecular formula is C32H47NO9. The molecule has 2 unspecified atom stereocenters. The number of carboxylic acid groups (broad SMARTS) is 3. The maximum absolute atomic E-state index is 13.1. The van der Waals surface area contributed by atoms with Gasteiger partial charge in [-0.05, 0) is 43.4 Å². The van der Waals surface area contributed by atoms with Gasteiger partial charge in [-0.2, -0.15) is 0 Å². The molecule has 42 heavy (non-hydrogen) atoms. The first kappa shape index (κ1) is 36.3. The van der Waals surface area contributed by atoms with E-state index in [0.29, 0.717) is 36.4 Å². The van der Waals surface area contributed by atoms with Crippen LogP contribution in [0.4, 0.5) is 0 Å². The lowest BCUT2D eigenvalue weighted by Crippen LogP contribution is -2.47. The molecule has 0 aliphatic carbocycles. The number of carboxylic acids is 3. The first-order valence-corrected chi connectivity index (χ1v) is 14.9. The zero-order valence-corrected chi connectivity index (χ0v) is 24.9. The number of amides is 1. The number of nitrogens with one attached hydrogen (secondary N) is 1. The van der Waals surface area contributed by atoms with Crippen molar-refractivity contribution in [1.82, 2.24) is 5.32 Å². The van der Waals surface area contributed by atoms with Crippen LogP contribution in [0.3, 0.4) is 0 Å². The van der Waals surface area contributed by atoms with Crippen molar-refractivity contribution in [1.29, 1.82) is 0 Å². The van der Waals surface area contributed by atoms with Crippen LogP contribution in [-0.4, -0.2) is 58.1 Å². The van der Waals surface area contributed by atoms with Crippen LogP contribution < -0.4 is 10.1 Å². The Morgan fingerprint density at radius 3 is 1.95 bits per heavy atom. The number of hydrogen-bond donors (Lipinski definition) is 4. The van der Waals surface area contributed by atoms with Crippen LogP contribution in [0.1, 0.15) is 96.0 Å². The third kappa shape index (κ3) is 15.3. The third-order valence-corrected chi connectivity index (χ3v) is 7.14. The molecule has 0 bridgehead atoms. The van der Waals surface area contributed by atoms with Crippen molar-refractivity contribution in [3.8, 4) is 5.75 Å². The van der Waals surface area contributed by atoms with Gasteiger partial charge in [-0.25, -0.2) is 4.79 Å². The minimum atomic E-state index is -1.57. The van der Waals surface area contributed by atoms with E-state index < -0.39 is 48.1 Å². The van der Waals surface area contributed by atoms with Gasteiger partial charge < -0.3 is 25.4 Å². The first-order chi connectivity index (χ1) is 20.1. The maximum atomic E-state index is 13.1. The Kier molecular flexibility index (Phi) is 18.2. The number of methoxy groups -OCH3 is 1. The largest absolute Gasteiger partial charge is 0.497 e. The summed E-state index contributed by atoms with van der Waals surface area (Å²) in [6.07, 6.45) is 12.8. The highest BCUT2D eigenvalue weighted by Gasteiger charge is 2.35. The second-order valence-corrected chi connectivity index (χ2v) is 10.6. The summed E-state index contributed by atoms with van der Waals surface area (Å²) in [5, 5.41) is 31.0. The molecule has 1 aromatic rings. The fourth-order valence-corrected chi connectivity index (χ4v) is 4.66. The number of carbonyl (C=O) groups excluding carboxylic acids is 2. The molecule has 234 valence electrons. The Hall–Kier alpha value is -3.69. The van der Waals surface area contributed by atoms with E-state index in [1.807, 2.05) is 0 Å². The van der Waals surface area contributed by atoms with Gasteiger partial charge in [0.15, 0.2) is 0 Å². The maximum Gasteiger partial charge on any atom is 0.326 e. The summed E-state index contributed by atoms with van der Waals surface area (Å²) in [4.78, 5) is 60.3. The number of hydrogen-bond acceptors (Lipinski definition) is 6. The Bertz CT molecular complexity index is 1020. The molecule has 1 amide bonds. The topological polar surface area (TPSA) is 167 Å². The summed E-state index contributed by atoms with van der Waals surface area (Å²) >= 11 is 0.